The van der Waals surface area contributed by atoms with Gasteiger partial charge in [-0.15, -0.1) is 0 Å². The van der Waals surface area contributed by atoms with Crippen molar-refractivity contribution in [3.8, 4) is 17.2 Å². The van der Waals surface area contributed by atoms with Crippen molar-refractivity contribution in [1.82, 2.24) is 5.43 Å². The number of carbonyl (C=O) groups excluding carboxylic acids is 1. The van der Waals surface area contributed by atoms with Gasteiger partial charge in [-0.3, -0.25) is 0 Å². The first-order valence-electron chi connectivity index (χ1n) is 6.89. The number of nitrogens with one attached hydrogen (secondary N) is 2. The van der Waals surface area contributed by atoms with Gasteiger partial charge in [-0.1, -0.05) is 18.2 Å². The molecule has 1 aliphatic rings. The van der Waals surface area contributed by atoms with E-state index in [1.165, 1.54) is 6.21 Å². The predicted molar refractivity (Wildman–Crippen MR) is 85.3 cm³/mol. The molecule has 2 N–H and O–H groups in total. The Hall–Kier alpha value is -3.22. The van der Waals surface area contributed by atoms with Crippen LogP contribution in [0.4, 0.5) is 10.5 Å². The summed E-state index contributed by atoms with van der Waals surface area (Å²) in [5.41, 5.74) is 3.79. The molecule has 2 amide bonds. The quantitative estimate of drug-likeness (QED) is 0.671. The lowest BCUT2D eigenvalue weighted by Crippen LogP contribution is -2.24. The summed E-state index contributed by atoms with van der Waals surface area (Å²) >= 11 is 0. The van der Waals surface area contributed by atoms with Crippen LogP contribution in [0, 0.1) is 0 Å². The maximum absolute atomic E-state index is 11.7. The number of carbonyl (C=O) groups is 1. The molecule has 1 heterocycles. The van der Waals surface area contributed by atoms with Crippen LogP contribution >= 0.6 is 0 Å². The van der Waals surface area contributed by atoms with Crippen molar-refractivity contribution >= 4 is 17.9 Å². The number of anilines is 1. The number of hydrogen-bond donors (Lipinski definition) is 2. The zero-order chi connectivity index (χ0) is 16.1. The van der Waals surface area contributed by atoms with E-state index in [1.54, 1.807) is 31.4 Å². The third-order valence-corrected chi connectivity index (χ3v) is 3.09. The Morgan fingerprint density at radius 2 is 2.09 bits per heavy atom. The van der Waals surface area contributed by atoms with E-state index < -0.39 is 6.03 Å². The minimum Gasteiger partial charge on any atom is -0.493 e. The zero-order valence-electron chi connectivity index (χ0n) is 12.4. The SMILES string of the molecule is COc1cc(/C=N\NC(=O)Nc2ccccc2)cc2c1OCO2. The highest BCUT2D eigenvalue weighted by atomic mass is 16.7. The van der Waals surface area contributed by atoms with E-state index in [0.29, 0.717) is 28.5 Å². The summed E-state index contributed by atoms with van der Waals surface area (Å²) in [7, 11) is 1.55. The first-order valence-corrected chi connectivity index (χ1v) is 6.89. The van der Waals surface area contributed by atoms with Crippen LogP contribution in [-0.2, 0) is 0 Å². The van der Waals surface area contributed by atoms with Crippen LogP contribution in [0.15, 0.2) is 47.6 Å². The number of hydrazone groups is 1. The van der Waals surface area contributed by atoms with Gasteiger partial charge in [0.1, 0.15) is 0 Å². The van der Waals surface area contributed by atoms with E-state index >= 15 is 0 Å². The van der Waals surface area contributed by atoms with Crippen molar-refractivity contribution in [1.29, 1.82) is 0 Å². The predicted octanol–water partition coefficient (Wildman–Crippen LogP) is 2.58. The molecule has 7 nitrogen and oxygen atoms in total. The average molecular weight is 313 g/mol. The Morgan fingerprint density at radius 3 is 2.87 bits per heavy atom. The van der Waals surface area contributed by atoms with E-state index in [0.717, 1.165) is 0 Å². The zero-order valence-corrected chi connectivity index (χ0v) is 12.4. The Morgan fingerprint density at radius 1 is 1.26 bits per heavy atom. The molecule has 3 rings (SSSR count). The Bertz CT molecular complexity index is 732. The van der Waals surface area contributed by atoms with Gasteiger partial charge in [-0.25, -0.2) is 10.2 Å². The second-order valence-electron chi connectivity index (χ2n) is 4.65. The van der Waals surface area contributed by atoms with Crippen molar-refractivity contribution in [2.45, 2.75) is 0 Å². The number of para-hydroxylation sites is 1. The summed E-state index contributed by atoms with van der Waals surface area (Å²) in [6.07, 6.45) is 1.50. The largest absolute Gasteiger partial charge is 0.493 e. The molecule has 0 spiro atoms. The van der Waals surface area contributed by atoms with E-state index in [1.807, 2.05) is 18.2 Å². The van der Waals surface area contributed by atoms with Crippen molar-refractivity contribution in [3.63, 3.8) is 0 Å². The smallest absolute Gasteiger partial charge is 0.339 e. The summed E-state index contributed by atoms with van der Waals surface area (Å²) in [6, 6.07) is 12.2. The Balaban J connectivity index is 1.63. The van der Waals surface area contributed by atoms with Crippen LogP contribution in [0.25, 0.3) is 0 Å². The van der Waals surface area contributed by atoms with Crippen molar-refractivity contribution < 1.29 is 19.0 Å². The minimum absolute atomic E-state index is 0.157. The van der Waals surface area contributed by atoms with Gasteiger partial charge >= 0.3 is 6.03 Å². The lowest BCUT2D eigenvalue weighted by atomic mass is 10.2. The number of benzene rings is 2. The maximum atomic E-state index is 11.7. The monoisotopic (exact) mass is 313 g/mol. The molecule has 2 aromatic carbocycles. The molecule has 2 aromatic rings. The van der Waals surface area contributed by atoms with Gasteiger partial charge in [0, 0.05) is 11.3 Å². The normalized spacial score (nSPS) is 12.2. The summed E-state index contributed by atoms with van der Waals surface area (Å²) < 4.78 is 15.9. The van der Waals surface area contributed by atoms with E-state index in [2.05, 4.69) is 15.8 Å². The Labute approximate surface area is 132 Å². The number of urea groups is 1. The highest BCUT2D eigenvalue weighted by Crippen LogP contribution is 2.41. The topological polar surface area (TPSA) is 81.2 Å². The molecule has 0 saturated carbocycles. The van der Waals surface area contributed by atoms with Crippen LogP contribution in [0.2, 0.25) is 0 Å². The Kier molecular flexibility index (Phi) is 4.28. The molecular weight excluding hydrogens is 298 g/mol. The van der Waals surface area contributed by atoms with Crippen LogP contribution < -0.4 is 25.0 Å². The lowest BCUT2D eigenvalue weighted by molar-refractivity contribution is 0.171. The molecule has 0 radical (unpaired) electrons. The molecule has 23 heavy (non-hydrogen) atoms. The molecular formula is C16H15N3O4. The third kappa shape index (κ3) is 3.52. The molecule has 1 aliphatic heterocycles. The highest BCUT2D eigenvalue weighted by Gasteiger charge is 2.19. The summed E-state index contributed by atoms with van der Waals surface area (Å²) in [4.78, 5) is 11.7. The molecule has 0 aliphatic carbocycles. The van der Waals surface area contributed by atoms with Crippen molar-refractivity contribution in [2.24, 2.45) is 5.10 Å². The molecule has 118 valence electrons. The van der Waals surface area contributed by atoms with Gasteiger partial charge in [0.05, 0.1) is 13.3 Å². The van der Waals surface area contributed by atoms with E-state index in [9.17, 15) is 4.79 Å². The fourth-order valence-corrected chi connectivity index (χ4v) is 2.07. The first-order chi connectivity index (χ1) is 11.3. The lowest BCUT2D eigenvalue weighted by Gasteiger charge is -2.06. The van der Waals surface area contributed by atoms with Gasteiger partial charge in [0.2, 0.25) is 12.5 Å². The molecule has 0 bridgehead atoms. The second-order valence-corrected chi connectivity index (χ2v) is 4.65. The second kappa shape index (κ2) is 6.69. The molecule has 0 aromatic heterocycles. The van der Waals surface area contributed by atoms with Crippen LogP contribution in [-0.4, -0.2) is 26.1 Å². The van der Waals surface area contributed by atoms with Gasteiger partial charge in [0.15, 0.2) is 11.5 Å². The van der Waals surface area contributed by atoms with Crippen LogP contribution in [0.3, 0.4) is 0 Å². The van der Waals surface area contributed by atoms with Gasteiger partial charge < -0.3 is 19.5 Å². The molecule has 0 saturated heterocycles. The fraction of sp³-hybridized carbons (Fsp3) is 0.125. The van der Waals surface area contributed by atoms with Crippen LogP contribution in [0.5, 0.6) is 17.2 Å². The van der Waals surface area contributed by atoms with Crippen LogP contribution in [0.1, 0.15) is 5.56 Å². The summed E-state index contributed by atoms with van der Waals surface area (Å²) in [6.45, 7) is 0.157. The van der Waals surface area contributed by atoms with E-state index in [-0.39, 0.29) is 6.79 Å². The van der Waals surface area contributed by atoms with E-state index in [4.69, 9.17) is 14.2 Å². The summed E-state index contributed by atoms with van der Waals surface area (Å²) in [5, 5.41) is 6.56. The number of hydrogen-bond acceptors (Lipinski definition) is 5. The summed E-state index contributed by atoms with van der Waals surface area (Å²) in [5.74, 6) is 1.70. The number of nitrogens with zero attached hydrogens (tertiary/aromatic N) is 1. The molecule has 0 unspecified atom stereocenters. The average Bonchev–Trinajstić information content (AvgIpc) is 3.03. The number of ether oxygens (including phenoxy) is 3. The number of methoxy groups -OCH3 is 1. The van der Waals surface area contributed by atoms with Gasteiger partial charge in [-0.2, -0.15) is 5.10 Å². The number of rotatable bonds is 4. The fourth-order valence-electron chi connectivity index (χ4n) is 2.07. The molecule has 7 heteroatoms. The number of fused-ring (bicyclic) bond motifs is 1. The van der Waals surface area contributed by atoms with Gasteiger partial charge in [-0.05, 0) is 24.3 Å². The molecule has 0 fully saturated rings. The maximum Gasteiger partial charge on any atom is 0.339 e. The first kappa shape index (κ1) is 14.7. The highest BCUT2D eigenvalue weighted by molar-refractivity contribution is 5.90. The van der Waals surface area contributed by atoms with Crippen molar-refractivity contribution in [3.05, 3.63) is 48.0 Å². The van der Waals surface area contributed by atoms with Gasteiger partial charge in [0.25, 0.3) is 0 Å². The minimum atomic E-state index is -0.430. The van der Waals surface area contributed by atoms with Crippen molar-refractivity contribution in [2.75, 3.05) is 19.2 Å². The third-order valence-electron chi connectivity index (χ3n) is 3.09. The standard InChI is InChI=1S/C16H15N3O4/c1-21-13-7-11(8-14-15(13)23-10-22-14)9-17-19-16(20)18-12-5-3-2-4-6-12/h2-9H,10H2,1H3,(H2,18,19,20)/b17-9-. The number of amides is 2. The molecule has 0 atom stereocenters.